The minimum absolute atomic E-state index is 0.00666. The van der Waals surface area contributed by atoms with Crippen LogP contribution in [-0.2, 0) is 22.4 Å². The van der Waals surface area contributed by atoms with Crippen molar-refractivity contribution in [1.82, 2.24) is 9.97 Å². The molecular weight excluding hydrogens is 456 g/mol. The number of ether oxygens (including phenoxy) is 1. The number of hydrogen-bond donors (Lipinski definition) is 0. The molecule has 1 aliphatic rings. The topological polar surface area (TPSA) is 52.1 Å². The Labute approximate surface area is 226 Å². The predicted octanol–water partition coefficient (Wildman–Crippen LogP) is 9.05. The highest BCUT2D eigenvalue weighted by atomic mass is 16.5. The van der Waals surface area contributed by atoms with Crippen LogP contribution < -0.4 is 0 Å². The minimum atomic E-state index is -0.00666. The van der Waals surface area contributed by atoms with Crippen LogP contribution in [0.2, 0.25) is 0 Å². The second kappa shape index (κ2) is 17.3. The van der Waals surface area contributed by atoms with Gasteiger partial charge in [-0.05, 0) is 56.1 Å². The first-order valence-corrected chi connectivity index (χ1v) is 15.3. The van der Waals surface area contributed by atoms with Crippen molar-refractivity contribution in [3.63, 3.8) is 0 Å². The number of carbonyl (C=O) groups excluding carboxylic acids is 1. The van der Waals surface area contributed by atoms with Crippen molar-refractivity contribution in [2.75, 3.05) is 0 Å². The van der Waals surface area contributed by atoms with Crippen LogP contribution in [0, 0.1) is 5.92 Å². The summed E-state index contributed by atoms with van der Waals surface area (Å²) in [7, 11) is 0. The van der Waals surface area contributed by atoms with Crippen LogP contribution in [0.4, 0.5) is 0 Å². The largest absolute Gasteiger partial charge is 0.462 e. The van der Waals surface area contributed by atoms with Gasteiger partial charge in [0.05, 0.1) is 5.92 Å². The lowest BCUT2D eigenvalue weighted by Gasteiger charge is -2.08. The molecule has 1 aliphatic heterocycles. The van der Waals surface area contributed by atoms with E-state index in [2.05, 4.69) is 41.2 Å². The van der Waals surface area contributed by atoms with Gasteiger partial charge in [-0.15, -0.1) is 0 Å². The molecule has 0 saturated carbocycles. The van der Waals surface area contributed by atoms with Gasteiger partial charge in [0.25, 0.3) is 0 Å². The molecule has 1 aromatic carbocycles. The standard InChI is InChI=1S/C33H50N2O2/c1-3-4-5-6-7-8-12-15-18-29-25-34-32(35-26-29)30-22-20-28(21-23-30)17-14-11-9-10-13-16-19-31-24-27(2)33(36)37-31/h20-23,25-27,31H,3-19,24H2,1-2H3. The molecule has 2 unspecified atom stereocenters. The van der Waals surface area contributed by atoms with E-state index in [9.17, 15) is 4.79 Å². The van der Waals surface area contributed by atoms with Gasteiger partial charge in [-0.25, -0.2) is 9.97 Å². The lowest BCUT2D eigenvalue weighted by atomic mass is 10.0. The van der Waals surface area contributed by atoms with Crippen molar-refractivity contribution < 1.29 is 9.53 Å². The van der Waals surface area contributed by atoms with Gasteiger partial charge in [0, 0.05) is 18.0 Å². The molecule has 3 rings (SSSR count). The van der Waals surface area contributed by atoms with Crippen LogP contribution in [0.5, 0.6) is 0 Å². The van der Waals surface area contributed by atoms with E-state index < -0.39 is 0 Å². The fourth-order valence-corrected chi connectivity index (χ4v) is 5.32. The van der Waals surface area contributed by atoms with Gasteiger partial charge >= 0.3 is 5.97 Å². The highest BCUT2D eigenvalue weighted by Gasteiger charge is 2.30. The molecule has 1 fully saturated rings. The van der Waals surface area contributed by atoms with Crippen molar-refractivity contribution in [3.8, 4) is 11.4 Å². The van der Waals surface area contributed by atoms with Crippen LogP contribution >= 0.6 is 0 Å². The maximum Gasteiger partial charge on any atom is 0.309 e. The average molecular weight is 507 g/mol. The molecule has 4 nitrogen and oxygen atoms in total. The van der Waals surface area contributed by atoms with E-state index in [-0.39, 0.29) is 18.0 Å². The Balaban J connectivity index is 1.23. The van der Waals surface area contributed by atoms with Crippen LogP contribution in [0.3, 0.4) is 0 Å². The number of cyclic esters (lactones) is 1. The normalized spacial score (nSPS) is 17.3. The third-order valence-corrected chi connectivity index (χ3v) is 7.78. The second-order valence-corrected chi connectivity index (χ2v) is 11.2. The van der Waals surface area contributed by atoms with Gasteiger partial charge in [0.2, 0.25) is 0 Å². The molecule has 0 aliphatic carbocycles. The summed E-state index contributed by atoms with van der Waals surface area (Å²) in [5.74, 6) is 0.919. The molecule has 2 aromatic rings. The molecule has 4 heteroatoms. The lowest BCUT2D eigenvalue weighted by Crippen LogP contribution is -2.06. The highest BCUT2D eigenvalue weighted by molar-refractivity contribution is 5.74. The first-order valence-electron chi connectivity index (χ1n) is 15.3. The first kappa shape index (κ1) is 29.3. The summed E-state index contributed by atoms with van der Waals surface area (Å²) in [6, 6.07) is 8.80. The zero-order valence-electron chi connectivity index (χ0n) is 23.6. The van der Waals surface area contributed by atoms with E-state index in [0.29, 0.717) is 0 Å². The van der Waals surface area contributed by atoms with Crippen LogP contribution in [0.1, 0.15) is 128 Å². The Bertz CT molecular complexity index is 878. The molecule has 0 N–H and O–H groups in total. The Hall–Kier alpha value is -2.23. The summed E-state index contributed by atoms with van der Waals surface area (Å²) in [5, 5.41) is 0. The van der Waals surface area contributed by atoms with E-state index in [1.54, 1.807) is 0 Å². The maximum absolute atomic E-state index is 11.5. The van der Waals surface area contributed by atoms with Gasteiger partial charge in [0.1, 0.15) is 6.10 Å². The zero-order valence-corrected chi connectivity index (χ0v) is 23.6. The highest BCUT2D eigenvalue weighted by Crippen LogP contribution is 2.25. The molecule has 1 aromatic heterocycles. The number of aryl methyl sites for hydroxylation is 2. The maximum atomic E-state index is 11.5. The number of esters is 1. The molecule has 0 radical (unpaired) electrons. The van der Waals surface area contributed by atoms with E-state index in [1.165, 1.54) is 101 Å². The quantitative estimate of drug-likeness (QED) is 0.141. The Kier molecular flexibility index (Phi) is 13.7. The molecule has 37 heavy (non-hydrogen) atoms. The van der Waals surface area contributed by atoms with E-state index in [1.807, 2.05) is 19.3 Å². The van der Waals surface area contributed by atoms with Crippen molar-refractivity contribution in [1.29, 1.82) is 0 Å². The Morgan fingerprint density at radius 3 is 1.84 bits per heavy atom. The number of unbranched alkanes of at least 4 members (excludes halogenated alkanes) is 12. The van der Waals surface area contributed by atoms with Gasteiger partial charge in [-0.3, -0.25) is 4.79 Å². The summed E-state index contributed by atoms with van der Waals surface area (Å²) >= 11 is 0. The van der Waals surface area contributed by atoms with Gasteiger partial charge < -0.3 is 4.74 Å². The Morgan fingerprint density at radius 1 is 0.730 bits per heavy atom. The number of carbonyl (C=O) groups is 1. The van der Waals surface area contributed by atoms with Crippen molar-refractivity contribution >= 4 is 5.97 Å². The lowest BCUT2D eigenvalue weighted by molar-refractivity contribution is -0.144. The number of hydrogen-bond acceptors (Lipinski definition) is 4. The molecule has 0 amide bonds. The van der Waals surface area contributed by atoms with Crippen molar-refractivity contribution in [3.05, 3.63) is 47.8 Å². The number of aromatic nitrogens is 2. The van der Waals surface area contributed by atoms with Gasteiger partial charge in [-0.1, -0.05) is 109 Å². The third kappa shape index (κ3) is 11.4. The van der Waals surface area contributed by atoms with Crippen LogP contribution in [-0.4, -0.2) is 22.0 Å². The van der Waals surface area contributed by atoms with Gasteiger partial charge in [-0.2, -0.15) is 0 Å². The minimum Gasteiger partial charge on any atom is -0.462 e. The van der Waals surface area contributed by atoms with E-state index in [0.717, 1.165) is 37.1 Å². The van der Waals surface area contributed by atoms with Crippen LogP contribution in [0.15, 0.2) is 36.7 Å². The third-order valence-electron chi connectivity index (χ3n) is 7.78. The molecular formula is C33H50N2O2. The summed E-state index contributed by atoms with van der Waals surface area (Å²) < 4.78 is 5.40. The molecule has 2 heterocycles. The average Bonchev–Trinajstić information content (AvgIpc) is 3.24. The molecule has 0 spiro atoms. The molecule has 2 atom stereocenters. The SMILES string of the molecule is CCCCCCCCCCc1cnc(-c2ccc(CCCCCCCCC3CC(C)C(=O)O3)cc2)nc1. The summed E-state index contributed by atoms with van der Waals surface area (Å²) in [5.41, 5.74) is 3.75. The fraction of sp³-hybridized carbons (Fsp3) is 0.667. The summed E-state index contributed by atoms with van der Waals surface area (Å²) in [4.78, 5) is 20.7. The van der Waals surface area contributed by atoms with Crippen molar-refractivity contribution in [2.24, 2.45) is 5.92 Å². The second-order valence-electron chi connectivity index (χ2n) is 11.2. The molecule has 0 bridgehead atoms. The smallest absolute Gasteiger partial charge is 0.309 e. The van der Waals surface area contributed by atoms with Crippen LogP contribution in [0.25, 0.3) is 11.4 Å². The molecule has 1 saturated heterocycles. The summed E-state index contributed by atoms with van der Waals surface area (Å²) in [6.07, 6.45) is 26.7. The van der Waals surface area contributed by atoms with E-state index in [4.69, 9.17) is 4.74 Å². The number of benzene rings is 1. The van der Waals surface area contributed by atoms with E-state index >= 15 is 0 Å². The first-order chi connectivity index (χ1) is 18.2. The zero-order chi connectivity index (χ0) is 26.1. The monoisotopic (exact) mass is 506 g/mol. The fourth-order valence-electron chi connectivity index (χ4n) is 5.32. The predicted molar refractivity (Wildman–Crippen MR) is 153 cm³/mol. The molecule has 204 valence electrons. The van der Waals surface area contributed by atoms with Gasteiger partial charge in [0.15, 0.2) is 5.82 Å². The number of rotatable bonds is 19. The number of nitrogens with zero attached hydrogens (tertiary/aromatic N) is 2. The van der Waals surface area contributed by atoms with Crippen molar-refractivity contribution in [2.45, 2.75) is 136 Å². The Morgan fingerprint density at radius 2 is 1.27 bits per heavy atom. The summed E-state index contributed by atoms with van der Waals surface area (Å²) in [6.45, 7) is 4.25.